The van der Waals surface area contributed by atoms with Gasteiger partial charge in [-0.25, -0.2) is 0 Å². The van der Waals surface area contributed by atoms with Crippen LogP contribution in [0.1, 0.15) is 25.8 Å². The van der Waals surface area contributed by atoms with Crippen molar-refractivity contribution in [1.82, 2.24) is 5.32 Å². The minimum Gasteiger partial charge on any atom is -0.468 e. The lowest BCUT2D eigenvalue weighted by atomic mass is 9.74. The fourth-order valence-electron chi connectivity index (χ4n) is 3.53. The van der Waals surface area contributed by atoms with Crippen LogP contribution in [0.2, 0.25) is 0 Å². The van der Waals surface area contributed by atoms with Gasteiger partial charge in [0.15, 0.2) is 0 Å². The zero-order valence-corrected chi connectivity index (χ0v) is 13.0. The highest BCUT2D eigenvalue weighted by molar-refractivity contribution is 6.08. The number of carbonyl (C=O) groups is 2. The van der Waals surface area contributed by atoms with Crippen LogP contribution in [-0.2, 0) is 19.7 Å². The van der Waals surface area contributed by atoms with Crippen molar-refractivity contribution in [2.24, 2.45) is 0 Å². The zero-order valence-electron chi connectivity index (χ0n) is 13.0. The Morgan fingerprint density at radius 3 is 2.77 bits per heavy atom. The SMILES string of the molecule is COC(=O)[C@@H]1CC2(C(=O)Nc3ccccc32)[C@H](C=C(C)C)N1. The lowest BCUT2D eigenvalue weighted by Gasteiger charge is -2.27. The van der Waals surface area contributed by atoms with Gasteiger partial charge < -0.3 is 10.1 Å². The number of fused-ring (bicyclic) bond motifs is 2. The van der Waals surface area contributed by atoms with Crippen LogP contribution >= 0.6 is 0 Å². The summed E-state index contributed by atoms with van der Waals surface area (Å²) in [5, 5.41) is 6.22. The topological polar surface area (TPSA) is 67.4 Å². The molecule has 2 N–H and O–H groups in total. The molecule has 0 saturated carbocycles. The number of para-hydroxylation sites is 1. The number of hydrogen-bond donors (Lipinski definition) is 2. The molecule has 2 aliphatic heterocycles. The molecule has 3 rings (SSSR count). The van der Waals surface area contributed by atoms with E-state index in [0.29, 0.717) is 6.42 Å². The molecule has 1 aromatic carbocycles. The molecule has 2 heterocycles. The molecule has 1 aromatic rings. The first-order valence-corrected chi connectivity index (χ1v) is 7.39. The van der Waals surface area contributed by atoms with E-state index >= 15 is 0 Å². The third kappa shape index (κ3) is 2.04. The maximum absolute atomic E-state index is 12.8. The lowest BCUT2D eigenvalue weighted by Crippen LogP contribution is -2.45. The van der Waals surface area contributed by atoms with E-state index in [2.05, 4.69) is 10.6 Å². The summed E-state index contributed by atoms with van der Waals surface area (Å²) >= 11 is 0. The summed E-state index contributed by atoms with van der Waals surface area (Å²) in [5.41, 5.74) is 2.11. The van der Waals surface area contributed by atoms with Crippen LogP contribution in [0.15, 0.2) is 35.9 Å². The Labute approximate surface area is 129 Å². The summed E-state index contributed by atoms with van der Waals surface area (Å²) in [6.07, 6.45) is 2.42. The predicted octanol–water partition coefficient (Wildman–Crippen LogP) is 1.75. The van der Waals surface area contributed by atoms with Crippen molar-refractivity contribution < 1.29 is 14.3 Å². The Balaban J connectivity index is 2.11. The van der Waals surface area contributed by atoms with Crippen LogP contribution < -0.4 is 10.6 Å². The molecule has 0 bridgehead atoms. The van der Waals surface area contributed by atoms with E-state index in [1.165, 1.54) is 7.11 Å². The van der Waals surface area contributed by atoms with Gasteiger partial charge in [0.25, 0.3) is 0 Å². The highest BCUT2D eigenvalue weighted by atomic mass is 16.5. The van der Waals surface area contributed by atoms with Gasteiger partial charge in [-0.1, -0.05) is 29.8 Å². The van der Waals surface area contributed by atoms with E-state index in [1.54, 1.807) is 0 Å². The first kappa shape index (κ1) is 14.8. The molecule has 1 saturated heterocycles. The number of methoxy groups -OCH3 is 1. The van der Waals surface area contributed by atoms with Crippen molar-refractivity contribution in [2.75, 3.05) is 12.4 Å². The summed E-state index contributed by atoms with van der Waals surface area (Å²) in [5.74, 6) is -0.392. The molecular formula is C17H20N2O3. The van der Waals surface area contributed by atoms with Gasteiger partial charge in [0.2, 0.25) is 5.91 Å². The fourth-order valence-corrected chi connectivity index (χ4v) is 3.53. The third-order valence-corrected chi connectivity index (χ3v) is 4.48. The quantitative estimate of drug-likeness (QED) is 0.645. The van der Waals surface area contributed by atoms with Crippen molar-refractivity contribution in [3.63, 3.8) is 0 Å². The number of nitrogens with one attached hydrogen (secondary N) is 2. The third-order valence-electron chi connectivity index (χ3n) is 4.48. The highest BCUT2D eigenvalue weighted by Gasteiger charge is 2.58. The summed E-state index contributed by atoms with van der Waals surface area (Å²) in [6, 6.07) is 6.96. The molecule has 3 atom stereocenters. The highest BCUT2D eigenvalue weighted by Crippen LogP contribution is 2.47. The summed E-state index contributed by atoms with van der Waals surface area (Å²) in [7, 11) is 1.37. The first-order chi connectivity index (χ1) is 10.5. The number of carbonyl (C=O) groups excluding carboxylic acids is 2. The van der Waals surface area contributed by atoms with Gasteiger partial charge in [0.1, 0.15) is 6.04 Å². The van der Waals surface area contributed by atoms with Crippen LogP contribution in [0, 0.1) is 0 Å². The van der Waals surface area contributed by atoms with Gasteiger partial charge in [0, 0.05) is 11.7 Å². The fraction of sp³-hybridized carbons (Fsp3) is 0.412. The van der Waals surface area contributed by atoms with E-state index in [0.717, 1.165) is 16.8 Å². The summed E-state index contributed by atoms with van der Waals surface area (Å²) in [6.45, 7) is 3.97. The molecule has 5 nitrogen and oxygen atoms in total. The normalized spacial score (nSPS) is 29.1. The number of rotatable bonds is 2. The number of hydrogen-bond acceptors (Lipinski definition) is 4. The van der Waals surface area contributed by atoms with Crippen LogP contribution in [0.4, 0.5) is 5.69 Å². The molecule has 0 aromatic heterocycles. The van der Waals surface area contributed by atoms with Crippen molar-refractivity contribution in [2.45, 2.75) is 37.8 Å². The standard InChI is InChI=1S/C17H20N2O3/c1-10(2)8-14-17(9-13(18-14)15(20)22-3)11-6-4-5-7-12(11)19-16(17)21/h4-8,13-14,18H,9H2,1-3H3,(H,19,21)/t13-,14-,17?/m0/s1. The second-order valence-corrected chi connectivity index (χ2v) is 6.14. The molecule has 2 aliphatic rings. The molecule has 1 spiro atoms. The van der Waals surface area contributed by atoms with Gasteiger partial charge in [-0.15, -0.1) is 0 Å². The average molecular weight is 300 g/mol. The Morgan fingerprint density at radius 1 is 1.36 bits per heavy atom. The Hall–Kier alpha value is -2.14. The molecule has 1 amide bonds. The Kier molecular flexibility index (Phi) is 3.53. The number of amides is 1. The number of allylic oxidation sites excluding steroid dienone is 1. The second-order valence-electron chi connectivity index (χ2n) is 6.14. The number of benzene rings is 1. The van der Waals surface area contributed by atoms with Crippen molar-refractivity contribution in [1.29, 1.82) is 0 Å². The molecule has 1 fully saturated rings. The summed E-state index contributed by atoms with van der Waals surface area (Å²) < 4.78 is 4.86. The lowest BCUT2D eigenvalue weighted by molar-refractivity contribution is -0.142. The monoisotopic (exact) mass is 300 g/mol. The predicted molar refractivity (Wildman–Crippen MR) is 83.5 cm³/mol. The number of ether oxygens (including phenoxy) is 1. The van der Waals surface area contributed by atoms with Crippen LogP contribution in [-0.4, -0.2) is 31.1 Å². The van der Waals surface area contributed by atoms with Gasteiger partial charge in [-0.2, -0.15) is 0 Å². The number of anilines is 1. The zero-order chi connectivity index (χ0) is 15.9. The average Bonchev–Trinajstić information content (AvgIpc) is 2.99. The smallest absolute Gasteiger partial charge is 0.322 e. The molecule has 116 valence electrons. The van der Waals surface area contributed by atoms with Crippen LogP contribution in [0.3, 0.4) is 0 Å². The molecule has 0 aliphatic carbocycles. The van der Waals surface area contributed by atoms with Crippen LogP contribution in [0.5, 0.6) is 0 Å². The number of esters is 1. The van der Waals surface area contributed by atoms with Gasteiger partial charge in [-0.3, -0.25) is 14.9 Å². The van der Waals surface area contributed by atoms with E-state index in [9.17, 15) is 9.59 Å². The van der Waals surface area contributed by atoms with Crippen molar-refractivity contribution >= 4 is 17.6 Å². The van der Waals surface area contributed by atoms with Crippen molar-refractivity contribution in [3.8, 4) is 0 Å². The van der Waals surface area contributed by atoms with E-state index in [-0.39, 0.29) is 17.9 Å². The molecule has 1 unspecified atom stereocenters. The first-order valence-electron chi connectivity index (χ1n) is 7.39. The van der Waals surface area contributed by atoms with E-state index in [4.69, 9.17) is 4.74 Å². The minimum absolute atomic E-state index is 0.0601. The Bertz CT molecular complexity index is 664. The summed E-state index contributed by atoms with van der Waals surface area (Å²) in [4.78, 5) is 24.7. The largest absolute Gasteiger partial charge is 0.468 e. The van der Waals surface area contributed by atoms with Gasteiger partial charge >= 0.3 is 5.97 Å². The molecule has 0 radical (unpaired) electrons. The van der Waals surface area contributed by atoms with E-state index < -0.39 is 11.5 Å². The molecule has 5 heteroatoms. The maximum Gasteiger partial charge on any atom is 0.322 e. The van der Waals surface area contributed by atoms with Crippen LogP contribution in [0.25, 0.3) is 0 Å². The van der Waals surface area contributed by atoms with Gasteiger partial charge in [-0.05, 0) is 31.9 Å². The molecule has 22 heavy (non-hydrogen) atoms. The van der Waals surface area contributed by atoms with Crippen molar-refractivity contribution in [3.05, 3.63) is 41.5 Å². The maximum atomic E-state index is 12.8. The Morgan fingerprint density at radius 2 is 2.09 bits per heavy atom. The second kappa shape index (κ2) is 5.25. The minimum atomic E-state index is -0.757. The van der Waals surface area contributed by atoms with E-state index in [1.807, 2.05) is 44.2 Å². The molecular weight excluding hydrogens is 280 g/mol. The van der Waals surface area contributed by atoms with Gasteiger partial charge in [0.05, 0.1) is 12.5 Å².